The van der Waals surface area contributed by atoms with Crippen LogP contribution in [0.3, 0.4) is 0 Å². The van der Waals surface area contributed by atoms with Gasteiger partial charge in [0, 0.05) is 6.92 Å². The number of carbonyl (C=O) groups is 2. The van der Waals surface area contributed by atoms with Gasteiger partial charge < -0.3 is 5.32 Å². The molecule has 1 fully saturated rings. The zero-order chi connectivity index (χ0) is 11.5. The summed E-state index contributed by atoms with van der Waals surface area (Å²) in [5.74, 6) is 0.497. The van der Waals surface area contributed by atoms with Crippen molar-refractivity contribution < 1.29 is 9.59 Å². The van der Waals surface area contributed by atoms with E-state index in [2.05, 4.69) is 28.2 Å². The van der Waals surface area contributed by atoms with Gasteiger partial charge in [-0.15, -0.1) is 0 Å². The summed E-state index contributed by atoms with van der Waals surface area (Å²) in [6.07, 6.45) is 3.72. The molecular formula is C11H18BrNO2. The highest BCUT2D eigenvalue weighted by atomic mass is 79.9. The lowest BCUT2D eigenvalue weighted by atomic mass is 9.74. The topological polar surface area (TPSA) is 46.2 Å². The number of alkyl halides is 1. The molecule has 0 aromatic heterocycles. The van der Waals surface area contributed by atoms with Crippen LogP contribution in [0.5, 0.6) is 0 Å². The minimum absolute atomic E-state index is 0.101. The number of amides is 1. The van der Waals surface area contributed by atoms with Crippen molar-refractivity contribution in [1.29, 1.82) is 0 Å². The van der Waals surface area contributed by atoms with Gasteiger partial charge >= 0.3 is 0 Å². The molecule has 3 nitrogen and oxygen atoms in total. The number of hydrogen-bond acceptors (Lipinski definition) is 2. The Balaban J connectivity index is 2.84. The van der Waals surface area contributed by atoms with Gasteiger partial charge in [0.05, 0.1) is 10.9 Å². The van der Waals surface area contributed by atoms with Crippen LogP contribution in [-0.2, 0) is 9.59 Å². The quantitative estimate of drug-likeness (QED) is 0.802. The Morgan fingerprint density at radius 2 is 2.20 bits per heavy atom. The summed E-state index contributed by atoms with van der Waals surface area (Å²) in [4.78, 5) is 23.1. The Morgan fingerprint density at radius 1 is 1.53 bits per heavy atom. The molecule has 0 spiro atoms. The van der Waals surface area contributed by atoms with Gasteiger partial charge in [-0.05, 0) is 18.8 Å². The van der Waals surface area contributed by atoms with Crippen molar-refractivity contribution in [3.63, 3.8) is 0 Å². The van der Waals surface area contributed by atoms with E-state index in [1.165, 1.54) is 6.92 Å². The van der Waals surface area contributed by atoms with Crippen molar-refractivity contribution in [3.8, 4) is 0 Å². The smallest absolute Gasteiger partial charge is 0.217 e. The average molecular weight is 276 g/mol. The Morgan fingerprint density at radius 3 is 2.67 bits per heavy atom. The first-order valence-electron chi connectivity index (χ1n) is 5.38. The van der Waals surface area contributed by atoms with E-state index < -0.39 is 5.54 Å². The molecule has 1 amide bonds. The highest BCUT2D eigenvalue weighted by molar-refractivity contribution is 9.09. The maximum absolute atomic E-state index is 11.9. The van der Waals surface area contributed by atoms with Crippen LogP contribution in [0.4, 0.5) is 0 Å². The normalized spacial score (nSPS) is 31.0. The molecule has 1 N–H and O–H groups in total. The first-order valence-corrected chi connectivity index (χ1v) is 6.50. The Bertz CT molecular complexity index is 267. The molecule has 1 rings (SSSR count). The van der Waals surface area contributed by atoms with Gasteiger partial charge in [0.2, 0.25) is 5.91 Å². The molecule has 1 aliphatic carbocycles. The van der Waals surface area contributed by atoms with E-state index in [1.54, 1.807) is 0 Å². The molecule has 0 aromatic carbocycles. The lowest BCUT2D eigenvalue weighted by molar-refractivity contribution is -0.131. The number of carbonyl (C=O) groups excluding carboxylic acids is 2. The maximum Gasteiger partial charge on any atom is 0.217 e. The molecule has 1 aliphatic rings. The summed E-state index contributed by atoms with van der Waals surface area (Å²) in [6.45, 7) is 3.61. The monoisotopic (exact) mass is 275 g/mol. The molecule has 1 saturated carbocycles. The number of rotatable bonds is 3. The van der Waals surface area contributed by atoms with Gasteiger partial charge in [-0.3, -0.25) is 9.59 Å². The highest BCUT2D eigenvalue weighted by Gasteiger charge is 2.41. The summed E-state index contributed by atoms with van der Waals surface area (Å²) in [5.41, 5.74) is -0.604. The molecule has 2 unspecified atom stereocenters. The first kappa shape index (κ1) is 12.7. The maximum atomic E-state index is 11.9. The van der Waals surface area contributed by atoms with E-state index in [4.69, 9.17) is 0 Å². The highest BCUT2D eigenvalue weighted by Crippen LogP contribution is 2.33. The Hall–Kier alpha value is -0.380. The van der Waals surface area contributed by atoms with Crippen LogP contribution in [0.15, 0.2) is 0 Å². The standard InChI is InChI=1S/C11H18BrNO2/c1-8-4-3-5-11(6-8,10(15)7-12)13-9(2)14/h8H,3-7H2,1-2H3,(H,13,14). The molecule has 4 heteroatoms. The van der Waals surface area contributed by atoms with E-state index in [0.717, 1.165) is 25.7 Å². The number of hydrogen-bond donors (Lipinski definition) is 1. The van der Waals surface area contributed by atoms with Crippen molar-refractivity contribution in [2.75, 3.05) is 5.33 Å². The summed E-state index contributed by atoms with van der Waals surface area (Å²) in [7, 11) is 0. The predicted molar refractivity (Wildman–Crippen MR) is 63.0 cm³/mol. The minimum Gasteiger partial charge on any atom is -0.344 e. The minimum atomic E-state index is -0.604. The van der Waals surface area contributed by atoms with E-state index in [9.17, 15) is 9.59 Å². The van der Waals surface area contributed by atoms with Crippen LogP contribution in [0.25, 0.3) is 0 Å². The van der Waals surface area contributed by atoms with Gasteiger partial charge in [-0.25, -0.2) is 0 Å². The number of halogens is 1. The molecule has 0 saturated heterocycles. The Kier molecular flexibility index (Phi) is 4.32. The van der Waals surface area contributed by atoms with Crippen molar-refractivity contribution in [1.82, 2.24) is 5.32 Å². The molecule has 15 heavy (non-hydrogen) atoms. The van der Waals surface area contributed by atoms with Crippen molar-refractivity contribution in [2.45, 2.75) is 45.1 Å². The van der Waals surface area contributed by atoms with Gasteiger partial charge in [0.1, 0.15) is 0 Å². The lowest BCUT2D eigenvalue weighted by Crippen LogP contribution is -2.56. The van der Waals surface area contributed by atoms with Crippen LogP contribution in [0.2, 0.25) is 0 Å². The molecule has 0 radical (unpaired) electrons. The first-order chi connectivity index (χ1) is 7.00. The number of nitrogens with one attached hydrogen (secondary N) is 1. The molecular weight excluding hydrogens is 258 g/mol. The number of Topliss-reactive ketones (excluding diaryl/α,β-unsaturated/α-hetero) is 1. The Labute approximate surface area is 99.1 Å². The van der Waals surface area contributed by atoms with Crippen LogP contribution < -0.4 is 5.32 Å². The zero-order valence-electron chi connectivity index (χ0n) is 9.31. The van der Waals surface area contributed by atoms with Gasteiger partial charge in [0.25, 0.3) is 0 Å². The third-order valence-corrected chi connectivity index (χ3v) is 3.58. The summed E-state index contributed by atoms with van der Waals surface area (Å²) < 4.78 is 0. The largest absolute Gasteiger partial charge is 0.344 e. The number of ketones is 1. The second-order valence-corrected chi connectivity index (χ2v) is 5.08. The lowest BCUT2D eigenvalue weighted by Gasteiger charge is -2.38. The van der Waals surface area contributed by atoms with Crippen LogP contribution in [0.1, 0.15) is 39.5 Å². The van der Waals surface area contributed by atoms with Gasteiger partial charge in [-0.1, -0.05) is 35.7 Å². The van der Waals surface area contributed by atoms with E-state index in [0.29, 0.717) is 11.2 Å². The molecule has 0 heterocycles. The van der Waals surface area contributed by atoms with E-state index in [1.807, 2.05) is 0 Å². The fourth-order valence-corrected chi connectivity index (χ4v) is 2.99. The third-order valence-electron chi connectivity index (χ3n) is 3.07. The van der Waals surface area contributed by atoms with Crippen LogP contribution in [0, 0.1) is 5.92 Å². The molecule has 2 atom stereocenters. The van der Waals surface area contributed by atoms with Gasteiger partial charge in [-0.2, -0.15) is 0 Å². The predicted octanol–water partition coefficient (Wildman–Crippen LogP) is 2.04. The van der Waals surface area contributed by atoms with Gasteiger partial charge in [0.15, 0.2) is 5.78 Å². The van der Waals surface area contributed by atoms with Crippen molar-refractivity contribution in [3.05, 3.63) is 0 Å². The molecule has 0 aliphatic heterocycles. The fraction of sp³-hybridized carbons (Fsp3) is 0.818. The summed E-state index contributed by atoms with van der Waals surface area (Å²) in [5, 5.41) is 3.18. The van der Waals surface area contributed by atoms with E-state index >= 15 is 0 Å². The summed E-state index contributed by atoms with van der Waals surface area (Å²) in [6, 6.07) is 0. The second kappa shape index (κ2) is 5.10. The third kappa shape index (κ3) is 3.03. The molecule has 86 valence electrons. The molecule has 0 bridgehead atoms. The summed E-state index contributed by atoms with van der Waals surface area (Å²) >= 11 is 3.19. The fourth-order valence-electron chi connectivity index (χ4n) is 2.45. The average Bonchev–Trinajstić information content (AvgIpc) is 2.15. The van der Waals surface area contributed by atoms with Crippen LogP contribution >= 0.6 is 15.9 Å². The van der Waals surface area contributed by atoms with Crippen molar-refractivity contribution in [2.24, 2.45) is 5.92 Å². The van der Waals surface area contributed by atoms with Crippen LogP contribution in [-0.4, -0.2) is 22.6 Å². The van der Waals surface area contributed by atoms with E-state index in [-0.39, 0.29) is 11.7 Å². The molecule has 0 aromatic rings. The second-order valence-electron chi connectivity index (χ2n) is 4.52. The zero-order valence-corrected chi connectivity index (χ0v) is 10.9. The SMILES string of the molecule is CC(=O)NC1(C(=O)CBr)CCCC(C)C1. The van der Waals surface area contributed by atoms with Crippen molar-refractivity contribution >= 4 is 27.6 Å².